The normalized spacial score (nSPS) is 21.4. The van der Waals surface area contributed by atoms with E-state index in [1.54, 1.807) is 0 Å². The third-order valence-corrected chi connectivity index (χ3v) is 4.04. The lowest BCUT2D eigenvalue weighted by Crippen LogP contribution is -2.24. The number of hydrogen-bond acceptors (Lipinski definition) is 3. The SMILES string of the molecule is CCc1nn(CC)c(CC(O)C2CCOC2)c1Cl. The largest absolute Gasteiger partial charge is 0.392 e. The van der Waals surface area contributed by atoms with Crippen molar-refractivity contribution in [2.45, 2.75) is 45.8 Å². The Morgan fingerprint density at radius 2 is 2.33 bits per heavy atom. The van der Waals surface area contributed by atoms with Crippen molar-refractivity contribution in [3.8, 4) is 0 Å². The fourth-order valence-corrected chi connectivity index (χ4v) is 2.78. The van der Waals surface area contributed by atoms with Gasteiger partial charge in [0.25, 0.3) is 0 Å². The van der Waals surface area contributed by atoms with E-state index in [0.717, 1.165) is 42.4 Å². The van der Waals surface area contributed by atoms with Crippen molar-refractivity contribution >= 4 is 11.6 Å². The molecule has 2 atom stereocenters. The molecule has 0 radical (unpaired) electrons. The van der Waals surface area contributed by atoms with Crippen LogP contribution in [0.2, 0.25) is 5.02 Å². The van der Waals surface area contributed by atoms with Crippen molar-refractivity contribution in [3.63, 3.8) is 0 Å². The fourth-order valence-electron chi connectivity index (χ4n) is 2.43. The van der Waals surface area contributed by atoms with Crippen LogP contribution in [-0.2, 0) is 24.1 Å². The Labute approximate surface area is 113 Å². The summed E-state index contributed by atoms with van der Waals surface area (Å²) in [7, 11) is 0. The van der Waals surface area contributed by atoms with Gasteiger partial charge in [0, 0.05) is 25.5 Å². The summed E-state index contributed by atoms with van der Waals surface area (Å²) < 4.78 is 7.22. The Balaban J connectivity index is 2.14. The summed E-state index contributed by atoms with van der Waals surface area (Å²) in [5, 5.41) is 15.4. The number of rotatable bonds is 5. The van der Waals surface area contributed by atoms with E-state index in [4.69, 9.17) is 16.3 Å². The van der Waals surface area contributed by atoms with Crippen LogP contribution in [0, 0.1) is 5.92 Å². The molecule has 5 heteroatoms. The van der Waals surface area contributed by atoms with E-state index in [-0.39, 0.29) is 5.92 Å². The minimum Gasteiger partial charge on any atom is -0.392 e. The Kier molecular flexibility index (Phi) is 4.65. The third-order valence-electron chi connectivity index (χ3n) is 3.61. The van der Waals surface area contributed by atoms with Gasteiger partial charge in [-0.25, -0.2) is 0 Å². The number of nitrogens with zero attached hydrogens (tertiary/aromatic N) is 2. The molecule has 0 spiro atoms. The van der Waals surface area contributed by atoms with Crippen LogP contribution in [0.3, 0.4) is 0 Å². The number of aryl methyl sites for hydroxylation is 2. The predicted octanol–water partition coefficient (Wildman–Crippen LogP) is 2.06. The lowest BCUT2D eigenvalue weighted by atomic mass is 9.97. The molecular weight excluding hydrogens is 252 g/mol. The molecule has 1 aliphatic rings. The van der Waals surface area contributed by atoms with Crippen molar-refractivity contribution in [2.75, 3.05) is 13.2 Å². The van der Waals surface area contributed by atoms with Crippen molar-refractivity contribution in [1.82, 2.24) is 9.78 Å². The van der Waals surface area contributed by atoms with Gasteiger partial charge in [-0.2, -0.15) is 5.10 Å². The highest BCUT2D eigenvalue weighted by molar-refractivity contribution is 6.31. The minimum absolute atomic E-state index is 0.228. The van der Waals surface area contributed by atoms with E-state index in [2.05, 4.69) is 5.10 Å². The van der Waals surface area contributed by atoms with Crippen molar-refractivity contribution in [1.29, 1.82) is 0 Å². The highest BCUT2D eigenvalue weighted by atomic mass is 35.5. The van der Waals surface area contributed by atoms with E-state index in [0.29, 0.717) is 13.0 Å². The van der Waals surface area contributed by atoms with Crippen LogP contribution in [-0.4, -0.2) is 34.2 Å². The van der Waals surface area contributed by atoms with Crippen molar-refractivity contribution < 1.29 is 9.84 Å². The van der Waals surface area contributed by atoms with Gasteiger partial charge < -0.3 is 9.84 Å². The molecule has 1 aliphatic heterocycles. The molecule has 18 heavy (non-hydrogen) atoms. The van der Waals surface area contributed by atoms with Gasteiger partial charge in [0.15, 0.2) is 0 Å². The maximum absolute atomic E-state index is 10.2. The Hall–Kier alpha value is -0.580. The third kappa shape index (κ3) is 2.71. The number of halogens is 1. The minimum atomic E-state index is -0.392. The molecule has 0 saturated carbocycles. The van der Waals surface area contributed by atoms with Crippen LogP contribution in [0.5, 0.6) is 0 Å². The molecule has 0 bridgehead atoms. The average molecular weight is 273 g/mol. The van der Waals surface area contributed by atoms with Gasteiger partial charge in [-0.3, -0.25) is 4.68 Å². The number of ether oxygens (including phenoxy) is 1. The second-order valence-electron chi connectivity index (χ2n) is 4.77. The maximum Gasteiger partial charge on any atom is 0.0850 e. The standard InChI is InChI=1S/C13H21ClN2O2/c1-3-10-13(14)11(16(4-2)15-10)7-12(17)9-5-6-18-8-9/h9,12,17H,3-8H2,1-2H3. The van der Waals surface area contributed by atoms with Crippen LogP contribution in [0.15, 0.2) is 0 Å². The molecule has 1 N–H and O–H groups in total. The fraction of sp³-hybridized carbons (Fsp3) is 0.769. The first-order valence-corrected chi connectivity index (χ1v) is 7.05. The van der Waals surface area contributed by atoms with Crippen LogP contribution in [0.1, 0.15) is 31.7 Å². The Morgan fingerprint density at radius 1 is 1.56 bits per heavy atom. The molecule has 1 fully saturated rings. The summed E-state index contributed by atoms with van der Waals surface area (Å²) in [6.45, 7) is 6.27. The van der Waals surface area contributed by atoms with Gasteiger partial charge in [0.1, 0.15) is 0 Å². The first-order chi connectivity index (χ1) is 8.67. The first-order valence-electron chi connectivity index (χ1n) is 6.67. The molecule has 0 aliphatic carbocycles. The van der Waals surface area contributed by atoms with Crippen molar-refractivity contribution in [2.24, 2.45) is 5.92 Å². The summed E-state index contributed by atoms with van der Waals surface area (Å²) in [4.78, 5) is 0. The number of hydrogen-bond donors (Lipinski definition) is 1. The lowest BCUT2D eigenvalue weighted by molar-refractivity contribution is 0.0902. The zero-order valence-electron chi connectivity index (χ0n) is 11.0. The van der Waals surface area contributed by atoms with E-state index >= 15 is 0 Å². The van der Waals surface area contributed by atoms with Crippen LogP contribution in [0.25, 0.3) is 0 Å². The first kappa shape index (κ1) is 13.8. The van der Waals surface area contributed by atoms with E-state index < -0.39 is 6.10 Å². The monoisotopic (exact) mass is 272 g/mol. The second-order valence-corrected chi connectivity index (χ2v) is 5.15. The summed E-state index contributed by atoms with van der Waals surface area (Å²) in [6, 6.07) is 0. The van der Waals surface area contributed by atoms with Gasteiger partial charge in [-0.1, -0.05) is 18.5 Å². The molecule has 2 heterocycles. The molecule has 102 valence electrons. The number of aromatic nitrogens is 2. The predicted molar refractivity (Wildman–Crippen MR) is 70.9 cm³/mol. The molecule has 1 aromatic rings. The van der Waals surface area contributed by atoms with Gasteiger partial charge in [0.2, 0.25) is 0 Å². The zero-order valence-corrected chi connectivity index (χ0v) is 11.8. The topological polar surface area (TPSA) is 47.3 Å². The molecule has 1 aromatic heterocycles. The van der Waals surface area contributed by atoms with E-state index in [1.165, 1.54) is 0 Å². The van der Waals surface area contributed by atoms with Gasteiger partial charge in [0.05, 0.1) is 29.1 Å². The molecule has 2 rings (SSSR count). The number of aliphatic hydroxyl groups excluding tert-OH is 1. The molecule has 2 unspecified atom stereocenters. The van der Waals surface area contributed by atoms with Gasteiger partial charge in [-0.05, 0) is 19.8 Å². The maximum atomic E-state index is 10.2. The molecule has 4 nitrogen and oxygen atoms in total. The average Bonchev–Trinajstić information content (AvgIpc) is 2.99. The molecule has 1 saturated heterocycles. The highest BCUT2D eigenvalue weighted by Gasteiger charge is 2.26. The summed E-state index contributed by atoms with van der Waals surface area (Å²) in [5.74, 6) is 0.228. The lowest BCUT2D eigenvalue weighted by Gasteiger charge is -2.17. The van der Waals surface area contributed by atoms with Crippen LogP contribution >= 0.6 is 11.6 Å². The zero-order chi connectivity index (χ0) is 13.1. The summed E-state index contributed by atoms with van der Waals surface area (Å²) in [5.41, 5.74) is 1.87. The summed E-state index contributed by atoms with van der Waals surface area (Å²) in [6.07, 6.45) is 1.92. The van der Waals surface area contributed by atoms with Gasteiger partial charge >= 0.3 is 0 Å². The second kappa shape index (κ2) is 6.04. The smallest absolute Gasteiger partial charge is 0.0850 e. The molecular formula is C13H21ClN2O2. The van der Waals surface area contributed by atoms with Crippen molar-refractivity contribution in [3.05, 3.63) is 16.4 Å². The summed E-state index contributed by atoms with van der Waals surface area (Å²) >= 11 is 6.33. The van der Waals surface area contributed by atoms with Crippen LogP contribution in [0.4, 0.5) is 0 Å². The Morgan fingerprint density at radius 3 is 2.89 bits per heavy atom. The van der Waals surface area contributed by atoms with E-state index in [9.17, 15) is 5.11 Å². The Bertz CT molecular complexity index is 400. The molecule has 0 amide bonds. The number of aliphatic hydroxyl groups is 1. The van der Waals surface area contributed by atoms with E-state index in [1.807, 2.05) is 18.5 Å². The highest BCUT2D eigenvalue weighted by Crippen LogP contribution is 2.26. The quantitative estimate of drug-likeness (QED) is 0.893. The molecule has 0 aromatic carbocycles. The van der Waals surface area contributed by atoms with Crippen LogP contribution < -0.4 is 0 Å². The van der Waals surface area contributed by atoms with Gasteiger partial charge in [-0.15, -0.1) is 0 Å².